The number of nitrogens with zero attached hydrogens (tertiary/aromatic N) is 1. The first-order valence-electron chi connectivity index (χ1n) is 7.43. The normalized spacial score (nSPS) is 17.0. The maximum Gasteiger partial charge on any atom is 0.337 e. The third kappa shape index (κ3) is 3.92. The molecule has 1 aromatic carbocycles. The molecule has 23 heavy (non-hydrogen) atoms. The number of hydrogen-bond acceptors (Lipinski definition) is 5. The molecule has 0 saturated carbocycles. The molecule has 1 aromatic rings. The van der Waals surface area contributed by atoms with Crippen molar-refractivity contribution in [3.63, 3.8) is 0 Å². The first-order valence-corrected chi connectivity index (χ1v) is 7.43. The van der Waals surface area contributed by atoms with Gasteiger partial charge in [0.15, 0.2) is 0 Å². The maximum absolute atomic E-state index is 12.5. The fourth-order valence-corrected chi connectivity index (χ4v) is 2.71. The summed E-state index contributed by atoms with van der Waals surface area (Å²) in [6.45, 7) is 1.19. The number of carbonyl (C=O) groups excluding carboxylic acids is 2. The smallest absolute Gasteiger partial charge is 0.337 e. The molecular formula is C16H22N2O5. The monoisotopic (exact) mass is 322 g/mol. The van der Waals surface area contributed by atoms with Crippen LogP contribution in [-0.2, 0) is 9.47 Å². The van der Waals surface area contributed by atoms with Crippen molar-refractivity contribution >= 4 is 17.7 Å². The Morgan fingerprint density at radius 1 is 1.30 bits per heavy atom. The summed E-state index contributed by atoms with van der Waals surface area (Å²) in [6.07, 6.45) is 1.86. The van der Waals surface area contributed by atoms with Crippen molar-refractivity contribution in [3.8, 4) is 5.75 Å². The van der Waals surface area contributed by atoms with E-state index in [1.54, 1.807) is 30.2 Å². The van der Waals surface area contributed by atoms with E-state index in [2.05, 4.69) is 5.32 Å². The van der Waals surface area contributed by atoms with Crippen molar-refractivity contribution in [1.82, 2.24) is 4.90 Å². The third-order valence-corrected chi connectivity index (χ3v) is 3.86. The molecule has 2 amide bonds. The molecule has 0 aliphatic carbocycles. The highest BCUT2D eigenvalue weighted by Gasteiger charge is 2.29. The number of benzene rings is 1. The number of esters is 1. The van der Waals surface area contributed by atoms with Crippen molar-refractivity contribution in [2.75, 3.05) is 39.8 Å². The Bertz CT molecular complexity index is 576. The van der Waals surface area contributed by atoms with E-state index in [0.29, 0.717) is 30.2 Å². The van der Waals surface area contributed by atoms with Gasteiger partial charge in [-0.1, -0.05) is 0 Å². The van der Waals surface area contributed by atoms with E-state index in [9.17, 15) is 9.59 Å². The van der Waals surface area contributed by atoms with Gasteiger partial charge in [-0.15, -0.1) is 0 Å². The Kier molecular flexibility index (Phi) is 5.81. The van der Waals surface area contributed by atoms with Gasteiger partial charge >= 0.3 is 12.0 Å². The van der Waals surface area contributed by atoms with Crippen molar-refractivity contribution < 1.29 is 23.8 Å². The molecule has 0 bridgehead atoms. The molecular weight excluding hydrogens is 300 g/mol. The van der Waals surface area contributed by atoms with Crippen molar-refractivity contribution in [3.05, 3.63) is 23.8 Å². The summed E-state index contributed by atoms with van der Waals surface area (Å²) in [5.41, 5.74) is 0.780. The lowest BCUT2D eigenvalue weighted by atomic mass is 10.2. The fraction of sp³-hybridized carbons (Fsp3) is 0.500. The zero-order valence-corrected chi connectivity index (χ0v) is 13.6. The van der Waals surface area contributed by atoms with Gasteiger partial charge in [0.2, 0.25) is 0 Å². The number of ether oxygens (including phenoxy) is 3. The minimum absolute atomic E-state index is 0.0646. The average molecular weight is 322 g/mol. The molecule has 1 aliphatic heterocycles. The fourth-order valence-electron chi connectivity index (χ4n) is 2.71. The Labute approximate surface area is 135 Å². The quantitative estimate of drug-likeness (QED) is 0.840. The molecule has 0 spiro atoms. The zero-order chi connectivity index (χ0) is 16.8. The number of carbonyl (C=O) groups is 2. The van der Waals surface area contributed by atoms with Crippen LogP contribution in [0.1, 0.15) is 23.2 Å². The van der Waals surface area contributed by atoms with Crippen LogP contribution in [0.25, 0.3) is 0 Å². The summed E-state index contributed by atoms with van der Waals surface area (Å²) < 4.78 is 15.1. The first kappa shape index (κ1) is 17.1. The van der Waals surface area contributed by atoms with Gasteiger partial charge in [-0.25, -0.2) is 9.59 Å². The summed E-state index contributed by atoms with van der Waals surface area (Å²) in [4.78, 5) is 25.9. The van der Waals surface area contributed by atoms with Crippen LogP contribution in [0.3, 0.4) is 0 Å². The predicted molar refractivity (Wildman–Crippen MR) is 85.0 cm³/mol. The Morgan fingerprint density at radius 3 is 2.74 bits per heavy atom. The summed E-state index contributed by atoms with van der Waals surface area (Å²) in [5.74, 6) is 0.00933. The molecule has 1 heterocycles. The minimum atomic E-state index is -0.471. The van der Waals surface area contributed by atoms with Crippen LogP contribution in [0.4, 0.5) is 10.5 Å². The molecule has 1 saturated heterocycles. The highest BCUT2D eigenvalue weighted by Crippen LogP contribution is 2.27. The van der Waals surface area contributed by atoms with E-state index in [1.807, 2.05) is 0 Å². The lowest BCUT2D eigenvalue weighted by molar-refractivity contribution is 0.0600. The van der Waals surface area contributed by atoms with E-state index < -0.39 is 5.97 Å². The predicted octanol–water partition coefficient (Wildman–Crippen LogP) is 2.12. The van der Waals surface area contributed by atoms with E-state index >= 15 is 0 Å². The number of likely N-dealkylation sites (tertiary alicyclic amines) is 1. The number of amides is 2. The standard InChI is InChI=1S/C16H22N2O5/c1-21-10-12-5-4-8-18(12)16(20)17-13-9-11(15(19)23-3)6-7-14(13)22-2/h6-7,9,12H,4-5,8,10H2,1-3H3,(H,17,20)/t12-/m0/s1. The molecule has 1 aliphatic rings. The van der Waals surface area contributed by atoms with Crippen molar-refractivity contribution in [2.24, 2.45) is 0 Å². The van der Waals surface area contributed by atoms with Crippen LogP contribution < -0.4 is 10.1 Å². The number of methoxy groups -OCH3 is 3. The van der Waals surface area contributed by atoms with Crippen LogP contribution in [0.5, 0.6) is 5.75 Å². The molecule has 0 unspecified atom stereocenters. The Morgan fingerprint density at radius 2 is 2.09 bits per heavy atom. The first-order chi connectivity index (χ1) is 11.1. The summed E-state index contributed by atoms with van der Waals surface area (Å²) >= 11 is 0. The highest BCUT2D eigenvalue weighted by molar-refractivity contribution is 5.95. The minimum Gasteiger partial charge on any atom is -0.495 e. The largest absolute Gasteiger partial charge is 0.495 e. The van der Waals surface area contributed by atoms with Crippen LogP contribution in [0.2, 0.25) is 0 Å². The van der Waals surface area contributed by atoms with Crippen LogP contribution in [0, 0.1) is 0 Å². The molecule has 0 aromatic heterocycles. The molecule has 1 atom stereocenters. The van der Waals surface area contributed by atoms with Gasteiger partial charge < -0.3 is 24.4 Å². The SMILES string of the molecule is COC[C@@H]1CCCN1C(=O)Nc1cc(C(=O)OC)ccc1OC. The molecule has 126 valence electrons. The lowest BCUT2D eigenvalue weighted by Gasteiger charge is -2.25. The molecule has 7 nitrogen and oxygen atoms in total. The third-order valence-electron chi connectivity index (χ3n) is 3.86. The maximum atomic E-state index is 12.5. The summed E-state index contributed by atoms with van der Waals surface area (Å²) in [6, 6.07) is 4.59. The number of nitrogens with one attached hydrogen (secondary N) is 1. The molecule has 1 fully saturated rings. The number of anilines is 1. The van der Waals surface area contributed by atoms with Gasteiger partial charge in [0.25, 0.3) is 0 Å². The average Bonchev–Trinajstić information content (AvgIpc) is 3.02. The molecule has 0 radical (unpaired) electrons. The van der Waals surface area contributed by atoms with Crippen molar-refractivity contribution in [1.29, 1.82) is 0 Å². The Balaban J connectivity index is 2.17. The van der Waals surface area contributed by atoms with Gasteiger partial charge in [-0.2, -0.15) is 0 Å². The van der Waals surface area contributed by atoms with Gasteiger partial charge in [0.1, 0.15) is 5.75 Å². The van der Waals surface area contributed by atoms with Gasteiger partial charge in [0, 0.05) is 13.7 Å². The van der Waals surface area contributed by atoms with E-state index in [4.69, 9.17) is 14.2 Å². The van der Waals surface area contributed by atoms with Gasteiger partial charge in [-0.05, 0) is 31.0 Å². The van der Waals surface area contributed by atoms with E-state index in [0.717, 1.165) is 12.8 Å². The van der Waals surface area contributed by atoms with E-state index in [1.165, 1.54) is 14.2 Å². The number of rotatable bonds is 5. The Hall–Kier alpha value is -2.28. The second kappa shape index (κ2) is 7.82. The van der Waals surface area contributed by atoms with Crippen LogP contribution in [0.15, 0.2) is 18.2 Å². The van der Waals surface area contributed by atoms with Gasteiger partial charge in [0.05, 0.1) is 38.1 Å². The van der Waals surface area contributed by atoms with Gasteiger partial charge in [-0.3, -0.25) is 0 Å². The molecule has 7 heteroatoms. The number of urea groups is 1. The number of hydrogen-bond donors (Lipinski definition) is 1. The topological polar surface area (TPSA) is 77.1 Å². The summed E-state index contributed by atoms with van der Waals surface area (Å²) in [5, 5.41) is 2.81. The zero-order valence-electron chi connectivity index (χ0n) is 13.6. The molecule has 2 rings (SSSR count). The van der Waals surface area contributed by atoms with Crippen LogP contribution >= 0.6 is 0 Å². The molecule has 1 N–H and O–H groups in total. The second-order valence-electron chi connectivity index (χ2n) is 5.28. The highest BCUT2D eigenvalue weighted by atomic mass is 16.5. The van der Waals surface area contributed by atoms with Crippen LogP contribution in [-0.4, -0.2) is 57.4 Å². The second-order valence-corrected chi connectivity index (χ2v) is 5.28. The summed E-state index contributed by atoms with van der Waals surface area (Å²) in [7, 11) is 4.44. The lowest BCUT2D eigenvalue weighted by Crippen LogP contribution is -2.40. The van der Waals surface area contributed by atoms with E-state index in [-0.39, 0.29) is 12.1 Å². The van der Waals surface area contributed by atoms with Crippen molar-refractivity contribution in [2.45, 2.75) is 18.9 Å².